The zero-order chi connectivity index (χ0) is 15.1. The van der Waals surface area contributed by atoms with Gasteiger partial charge < -0.3 is 10.6 Å². The molecule has 2 rings (SSSR count). The summed E-state index contributed by atoms with van der Waals surface area (Å²) in [7, 11) is 0. The quantitative estimate of drug-likeness (QED) is 0.744. The van der Waals surface area contributed by atoms with Crippen LogP contribution in [0.5, 0.6) is 0 Å². The number of unbranched alkanes of at least 4 members (excludes halogenated alkanes) is 1. The van der Waals surface area contributed by atoms with E-state index in [4.69, 9.17) is 0 Å². The summed E-state index contributed by atoms with van der Waals surface area (Å²) >= 11 is 0. The van der Waals surface area contributed by atoms with Crippen molar-refractivity contribution in [3.63, 3.8) is 0 Å². The Hall–Kier alpha value is -2.10. The van der Waals surface area contributed by atoms with E-state index in [1.807, 2.05) is 19.1 Å². The number of nitrogens with zero attached hydrogens (tertiary/aromatic N) is 2. The van der Waals surface area contributed by atoms with Crippen LogP contribution in [-0.4, -0.2) is 16.5 Å². The monoisotopic (exact) mass is 284 g/mol. The van der Waals surface area contributed by atoms with Crippen molar-refractivity contribution in [2.24, 2.45) is 0 Å². The third-order valence-electron chi connectivity index (χ3n) is 3.34. The van der Waals surface area contributed by atoms with E-state index in [0.717, 1.165) is 36.6 Å². The molecule has 0 saturated heterocycles. The van der Waals surface area contributed by atoms with E-state index >= 15 is 0 Å². The van der Waals surface area contributed by atoms with Crippen molar-refractivity contribution < 1.29 is 0 Å². The van der Waals surface area contributed by atoms with Gasteiger partial charge in [0, 0.05) is 24.0 Å². The lowest BCUT2D eigenvalue weighted by atomic mass is 10.1. The van der Waals surface area contributed by atoms with E-state index in [1.54, 1.807) is 0 Å². The van der Waals surface area contributed by atoms with Gasteiger partial charge in [-0.1, -0.05) is 38.5 Å². The molecule has 0 unspecified atom stereocenters. The van der Waals surface area contributed by atoms with Gasteiger partial charge in [-0.3, -0.25) is 0 Å². The lowest BCUT2D eigenvalue weighted by Gasteiger charge is -2.12. The number of rotatable bonds is 7. The fraction of sp³-hybridized carbons (Fsp3) is 0.412. The van der Waals surface area contributed by atoms with Gasteiger partial charge in [-0.15, -0.1) is 0 Å². The molecule has 0 amide bonds. The minimum absolute atomic E-state index is 0.648. The van der Waals surface area contributed by atoms with Gasteiger partial charge in [0.15, 0.2) is 0 Å². The molecule has 1 aromatic carbocycles. The van der Waals surface area contributed by atoms with Gasteiger partial charge >= 0.3 is 0 Å². The summed E-state index contributed by atoms with van der Waals surface area (Å²) < 4.78 is 0. The Kier molecular flexibility index (Phi) is 5.55. The third kappa shape index (κ3) is 4.45. The summed E-state index contributed by atoms with van der Waals surface area (Å²) in [6.45, 7) is 7.26. The molecule has 0 fully saturated rings. The SMILES string of the molecule is CCCCNc1cc(C)nc(Nc2ccccc2CC)n1. The number of para-hydroxylation sites is 1. The lowest BCUT2D eigenvalue weighted by Crippen LogP contribution is -2.07. The maximum atomic E-state index is 4.54. The molecule has 0 aliphatic rings. The van der Waals surface area contributed by atoms with Crippen molar-refractivity contribution in [1.29, 1.82) is 0 Å². The maximum Gasteiger partial charge on any atom is 0.229 e. The molecule has 2 N–H and O–H groups in total. The molecular formula is C17H24N4. The van der Waals surface area contributed by atoms with E-state index in [9.17, 15) is 0 Å². The Morgan fingerprint density at radius 3 is 2.67 bits per heavy atom. The van der Waals surface area contributed by atoms with Crippen molar-refractivity contribution >= 4 is 17.5 Å². The van der Waals surface area contributed by atoms with Crippen LogP contribution in [0.4, 0.5) is 17.5 Å². The Morgan fingerprint density at radius 2 is 1.90 bits per heavy atom. The minimum atomic E-state index is 0.648. The van der Waals surface area contributed by atoms with E-state index < -0.39 is 0 Å². The van der Waals surface area contributed by atoms with Crippen molar-refractivity contribution in [1.82, 2.24) is 9.97 Å². The molecule has 2 aromatic rings. The Morgan fingerprint density at radius 1 is 1.10 bits per heavy atom. The number of aromatic nitrogens is 2. The molecule has 0 atom stereocenters. The van der Waals surface area contributed by atoms with E-state index in [2.05, 4.69) is 52.6 Å². The topological polar surface area (TPSA) is 49.8 Å². The summed E-state index contributed by atoms with van der Waals surface area (Å²) in [5.41, 5.74) is 3.30. The summed E-state index contributed by atoms with van der Waals surface area (Å²) in [5.74, 6) is 1.53. The van der Waals surface area contributed by atoms with Crippen LogP contribution in [0.3, 0.4) is 0 Å². The highest BCUT2D eigenvalue weighted by Crippen LogP contribution is 2.20. The van der Waals surface area contributed by atoms with Crippen molar-refractivity contribution in [3.8, 4) is 0 Å². The highest BCUT2D eigenvalue weighted by Gasteiger charge is 2.05. The van der Waals surface area contributed by atoms with Crippen LogP contribution in [0.15, 0.2) is 30.3 Å². The standard InChI is InChI=1S/C17H24N4/c1-4-6-11-18-16-12-13(3)19-17(21-16)20-15-10-8-7-9-14(15)5-2/h7-10,12H,4-6,11H2,1-3H3,(H2,18,19,20,21). The number of anilines is 3. The van der Waals surface area contributed by atoms with Crippen molar-refractivity contribution in [2.75, 3.05) is 17.2 Å². The number of aryl methyl sites for hydroxylation is 2. The molecule has 4 nitrogen and oxygen atoms in total. The normalized spacial score (nSPS) is 10.4. The molecule has 21 heavy (non-hydrogen) atoms. The molecule has 1 heterocycles. The van der Waals surface area contributed by atoms with Gasteiger partial charge in [0.1, 0.15) is 5.82 Å². The predicted molar refractivity (Wildman–Crippen MR) is 89.3 cm³/mol. The first-order valence-corrected chi connectivity index (χ1v) is 7.67. The molecule has 0 saturated carbocycles. The first kappa shape index (κ1) is 15.3. The molecule has 112 valence electrons. The van der Waals surface area contributed by atoms with Crippen LogP contribution >= 0.6 is 0 Å². The minimum Gasteiger partial charge on any atom is -0.370 e. The van der Waals surface area contributed by atoms with Crippen LogP contribution < -0.4 is 10.6 Å². The van der Waals surface area contributed by atoms with Crippen molar-refractivity contribution in [2.45, 2.75) is 40.0 Å². The Labute approximate surface area is 127 Å². The second kappa shape index (κ2) is 7.62. The number of hydrogen-bond acceptors (Lipinski definition) is 4. The van der Waals surface area contributed by atoms with Crippen LogP contribution in [0.25, 0.3) is 0 Å². The number of benzene rings is 1. The van der Waals surface area contributed by atoms with E-state index in [0.29, 0.717) is 5.95 Å². The third-order valence-corrected chi connectivity index (χ3v) is 3.34. The van der Waals surface area contributed by atoms with Crippen molar-refractivity contribution in [3.05, 3.63) is 41.6 Å². The van der Waals surface area contributed by atoms with Crippen LogP contribution in [0, 0.1) is 6.92 Å². The van der Waals surface area contributed by atoms with E-state index in [1.165, 1.54) is 12.0 Å². The molecule has 0 bridgehead atoms. The van der Waals surface area contributed by atoms with Gasteiger partial charge in [0.25, 0.3) is 0 Å². The first-order chi connectivity index (χ1) is 10.2. The largest absolute Gasteiger partial charge is 0.370 e. The second-order valence-corrected chi connectivity index (χ2v) is 5.13. The predicted octanol–water partition coefficient (Wildman–Crippen LogP) is 4.30. The molecule has 4 heteroatoms. The van der Waals surface area contributed by atoms with Gasteiger partial charge in [0.2, 0.25) is 5.95 Å². The average Bonchev–Trinajstić information content (AvgIpc) is 2.47. The zero-order valence-electron chi connectivity index (χ0n) is 13.1. The summed E-state index contributed by atoms with van der Waals surface area (Å²) in [4.78, 5) is 9.01. The fourth-order valence-electron chi connectivity index (χ4n) is 2.18. The molecule has 0 aliphatic carbocycles. The summed E-state index contributed by atoms with van der Waals surface area (Å²) in [6, 6.07) is 10.2. The second-order valence-electron chi connectivity index (χ2n) is 5.13. The molecular weight excluding hydrogens is 260 g/mol. The lowest BCUT2D eigenvalue weighted by molar-refractivity contribution is 0.830. The molecule has 0 radical (unpaired) electrons. The average molecular weight is 284 g/mol. The number of hydrogen-bond donors (Lipinski definition) is 2. The molecule has 0 aliphatic heterocycles. The van der Waals surface area contributed by atoms with Gasteiger partial charge in [-0.2, -0.15) is 4.98 Å². The Bertz CT molecular complexity index is 581. The molecule has 0 spiro atoms. The van der Waals surface area contributed by atoms with Gasteiger partial charge in [-0.25, -0.2) is 4.98 Å². The summed E-state index contributed by atoms with van der Waals surface area (Å²) in [6.07, 6.45) is 3.30. The first-order valence-electron chi connectivity index (χ1n) is 7.67. The highest BCUT2D eigenvalue weighted by molar-refractivity contribution is 5.59. The highest BCUT2D eigenvalue weighted by atomic mass is 15.1. The maximum absolute atomic E-state index is 4.54. The Balaban J connectivity index is 2.15. The number of nitrogens with one attached hydrogen (secondary N) is 2. The van der Waals surface area contributed by atoms with E-state index in [-0.39, 0.29) is 0 Å². The van der Waals surface area contributed by atoms with Crippen LogP contribution in [-0.2, 0) is 6.42 Å². The van der Waals surface area contributed by atoms with Gasteiger partial charge in [-0.05, 0) is 31.4 Å². The van der Waals surface area contributed by atoms with Gasteiger partial charge in [0.05, 0.1) is 0 Å². The molecule has 1 aromatic heterocycles. The van der Waals surface area contributed by atoms with Crippen LogP contribution in [0.2, 0.25) is 0 Å². The fourth-order valence-corrected chi connectivity index (χ4v) is 2.18. The summed E-state index contributed by atoms with van der Waals surface area (Å²) in [5, 5.41) is 6.68. The zero-order valence-corrected chi connectivity index (χ0v) is 13.1. The van der Waals surface area contributed by atoms with Crippen LogP contribution in [0.1, 0.15) is 37.9 Å². The smallest absolute Gasteiger partial charge is 0.229 e.